The van der Waals surface area contributed by atoms with E-state index in [1.54, 1.807) is 18.2 Å². The molecule has 62 valence electrons. The lowest BCUT2D eigenvalue weighted by atomic mass is 10.3. The molecule has 0 aliphatic heterocycles. The van der Waals surface area contributed by atoms with Gasteiger partial charge in [0.1, 0.15) is 0 Å². The first-order valence-electron chi connectivity index (χ1n) is 2.90. The van der Waals surface area contributed by atoms with Crippen LogP contribution < -0.4 is 0 Å². The number of hydrogen-bond acceptors (Lipinski definition) is 2. The van der Waals surface area contributed by atoms with Crippen molar-refractivity contribution in [3.8, 4) is 0 Å². The highest BCUT2D eigenvalue weighted by Crippen LogP contribution is 2.06. The fourth-order valence-electron chi connectivity index (χ4n) is 0.550. The van der Waals surface area contributed by atoms with Crippen LogP contribution in [0.1, 0.15) is 0 Å². The average molecular weight is 165 g/mol. The maximum absolute atomic E-state index is 10.0. The molecule has 0 aromatic heterocycles. The maximum atomic E-state index is 10.0. The topological polar surface area (TPSA) is 102 Å². The third kappa shape index (κ3) is 3.86. The first kappa shape index (κ1) is 9.93. The molecule has 0 saturated carbocycles. The maximum Gasteiger partial charge on any atom is 0.269 e. The Hall–Kier alpha value is -2.07. The zero-order chi connectivity index (χ0) is 9.40. The minimum absolute atomic E-state index is 0.137. The Bertz CT molecular complexity index is 279. The Morgan fingerprint density at radius 2 is 1.67 bits per heavy atom. The molecule has 0 radical (unpaired) electrons. The number of rotatable bonds is 1. The van der Waals surface area contributed by atoms with Gasteiger partial charge in [-0.1, -0.05) is 18.2 Å². The Balaban J connectivity index is 0.000000354. The Labute approximate surface area is 68.0 Å². The van der Waals surface area contributed by atoms with E-state index < -0.39 is 4.92 Å². The molecule has 0 saturated heterocycles. The van der Waals surface area contributed by atoms with Crippen LogP contribution in [0.25, 0.3) is 16.0 Å². The molecule has 0 aliphatic carbocycles. The van der Waals surface area contributed by atoms with Gasteiger partial charge < -0.3 is 11.1 Å². The molecule has 6 nitrogen and oxygen atoms in total. The Kier molecular flexibility index (Phi) is 4.71. The van der Waals surface area contributed by atoms with E-state index in [1.807, 2.05) is 0 Å². The van der Waals surface area contributed by atoms with Crippen LogP contribution in [0.4, 0.5) is 5.69 Å². The smallest absolute Gasteiger partial charge is 0.269 e. The Morgan fingerprint density at radius 1 is 1.25 bits per heavy atom. The van der Waals surface area contributed by atoms with Crippen LogP contribution in [0.15, 0.2) is 30.3 Å². The van der Waals surface area contributed by atoms with E-state index in [0.29, 0.717) is 0 Å². The fraction of sp³-hybridized carbons (Fsp3) is 0. The van der Waals surface area contributed by atoms with E-state index in [0.717, 1.165) is 0 Å². The molecule has 0 spiro atoms. The predicted molar refractivity (Wildman–Crippen MR) is 43.2 cm³/mol. The van der Waals surface area contributed by atoms with Crippen molar-refractivity contribution in [2.24, 2.45) is 0 Å². The van der Waals surface area contributed by atoms with Gasteiger partial charge in [-0.25, -0.2) is 0 Å². The predicted octanol–water partition coefficient (Wildman–Crippen LogP) is 2.46. The van der Waals surface area contributed by atoms with Gasteiger partial charge in [-0.2, -0.15) is 0 Å². The number of nitrogens with zero attached hydrogens (tertiary/aromatic N) is 4. The summed E-state index contributed by atoms with van der Waals surface area (Å²) in [5.41, 5.74) is 13.6. The highest BCUT2D eigenvalue weighted by atomic mass is 16.6. The van der Waals surface area contributed by atoms with Crippen molar-refractivity contribution in [3.05, 3.63) is 56.4 Å². The molecule has 6 heteroatoms. The van der Waals surface area contributed by atoms with Crippen molar-refractivity contribution in [2.45, 2.75) is 0 Å². The first-order valence-corrected chi connectivity index (χ1v) is 2.90. The number of hydrogen-bond donors (Lipinski definition) is 0. The third-order valence-electron chi connectivity index (χ3n) is 0.967. The summed E-state index contributed by atoms with van der Waals surface area (Å²) in [5, 5.41) is 10.0. The SMILES string of the molecule is O=[N+]([O-])c1ccccc1.[N-]=[N+]=[N-]. The summed E-state index contributed by atoms with van der Waals surface area (Å²) < 4.78 is 0. The molecule has 0 heterocycles. The number of non-ortho nitro benzene ring substituents is 1. The van der Waals surface area contributed by atoms with Crippen LogP contribution in [0, 0.1) is 10.1 Å². The summed E-state index contributed by atoms with van der Waals surface area (Å²) in [4.78, 5) is 11.1. The molecular formula is C6H5N4O2-. The second kappa shape index (κ2) is 5.70. The minimum atomic E-state index is -0.417. The van der Waals surface area contributed by atoms with Gasteiger partial charge in [0, 0.05) is 12.1 Å². The highest BCUT2D eigenvalue weighted by Gasteiger charge is 1.98. The molecule has 12 heavy (non-hydrogen) atoms. The van der Waals surface area contributed by atoms with Gasteiger partial charge in [0.05, 0.1) is 4.92 Å². The molecule has 0 aliphatic rings. The second-order valence-electron chi connectivity index (χ2n) is 1.68. The monoisotopic (exact) mass is 165 g/mol. The van der Waals surface area contributed by atoms with Gasteiger partial charge >= 0.3 is 0 Å². The van der Waals surface area contributed by atoms with Gasteiger partial charge in [-0.3, -0.25) is 15.0 Å². The lowest BCUT2D eigenvalue weighted by molar-refractivity contribution is -0.384. The standard InChI is InChI=1S/C6H5NO2.N3/c8-7(9)6-4-2-1-3-5-6;1-3-2/h1-5H;/q;-1. The largest absolute Gasteiger partial charge is 0.373 e. The molecule has 0 atom stereocenters. The van der Waals surface area contributed by atoms with Gasteiger partial charge in [0.25, 0.3) is 5.69 Å². The van der Waals surface area contributed by atoms with Crippen molar-refractivity contribution in [1.82, 2.24) is 0 Å². The van der Waals surface area contributed by atoms with Crippen LogP contribution in [0.5, 0.6) is 0 Å². The van der Waals surface area contributed by atoms with E-state index in [4.69, 9.17) is 11.1 Å². The van der Waals surface area contributed by atoms with Crippen LogP contribution in [-0.4, -0.2) is 4.92 Å². The zero-order valence-electron chi connectivity index (χ0n) is 5.99. The van der Waals surface area contributed by atoms with E-state index in [2.05, 4.69) is 0 Å². The average Bonchev–Trinajstić information content (AvgIpc) is 2.07. The summed E-state index contributed by atoms with van der Waals surface area (Å²) in [6.45, 7) is 0. The lowest BCUT2D eigenvalue weighted by Crippen LogP contribution is -1.84. The van der Waals surface area contributed by atoms with Crippen LogP contribution in [0.3, 0.4) is 0 Å². The molecule has 1 aromatic carbocycles. The van der Waals surface area contributed by atoms with Crippen LogP contribution >= 0.6 is 0 Å². The number of benzene rings is 1. The highest BCUT2D eigenvalue weighted by molar-refractivity contribution is 5.27. The summed E-state index contributed by atoms with van der Waals surface area (Å²) in [7, 11) is 0. The summed E-state index contributed by atoms with van der Waals surface area (Å²) in [5.74, 6) is 0. The first-order chi connectivity index (χ1) is 5.72. The van der Waals surface area contributed by atoms with Crippen molar-refractivity contribution in [3.63, 3.8) is 0 Å². The minimum Gasteiger partial charge on any atom is -0.373 e. The van der Waals surface area contributed by atoms with Crippen LogP contribution in [0.2, 0.25) is 0 Å². The fourth-order valence-corrected chi connectivity index (χ4v) is 0.550. The molecule has 0 bridgehead atoms. The van der Waals surface area contributed by atoms with Gasteiger partial charge in [-0.05, 0) is 0 Å². The Morgan fingerprint density at radius 3 is 1.92 bits per heavy atom. The summed E-state index contributed by atoms with van der Waals surface area (Å²) in [6, 6.07) is 7.93. The van der Waals surface area contributed by atoms with Gasteiger partial charge in [0.15, 0.2) is 0 Å². The second-order valence-corrected chi connectivity index (χ2v) is 1.68. The molecule has 1 rings (SSSR count). The summed E-state index contributed by atoms with van der Waals surface area (Å²) in [6.07, 6.45) is 0. The molecule has 0 unspecified atom stereocenters. The normalized spacial score (nSPS) is 7.33. The van der Waals surface area contributed by atoms with E-state index >= 15 is 0 Å². The number of nitro groups is 1. The number of para-hydroxylation sites is 1. The summed E-state index contributed by atoms with van der Waals surface area (Å²) >= 11 is 0. The van der Waals surface area contributed by atoms with Crippen molar-refractivity contribution < 1.29 is 4.92 Å². The van der Waals surface area contributed by atoms with Crippen molar-refractivity contribution in [2.75, 3.05) is 0 Å². The number of nitro benzene ring substituents is 1. The molecule has 1 aromatic rings. The van der Waals surface area contributed by atoms with Crippen molar-refractivity contribution >= 4 is 5.69 Å². The molecule has 0 fully saturated rings. The van der Waals surface area contributed by atoms with E-state index in [1.165, 1.54) is 17.0 Å². The van der Waals surface area contributed by atoms with Gasteiger partial charge in [-0.15, -0.1) is 0 Å². The van der Waals surface area contributed by atoms with Crippen molar-refractivity contribution in [1.29, 1.82) is 0 Å². The molecule has 0 amide bonds. The lowest BCUT2D eigenvalue weighted by Gasteiger charge is -1.85. The van der Waals surface area contributed by atoms with Gasteiger partial charge in [0.2, 0.25) is 0 Å². The zero-order valence-corrected chi connectivity index (χ0v) is 5.99. The van der Waals surface area contributed by atoms with Crippen LogP contribution in [-0.2, 0) is 0 Å². The van der Waals surface area contributed by atoms with E-state index in [9.17, 15) is 10.1 Å². The molecule has 0 N–H and O–H groups in total. The quantitative estimate of drug-likeness (QED) is 0.210. The third-order valence-corrected chi connectivity index (χ3v) is 0.967. The molecular weight excluding hydrogens is 160 g/mol. The van der Waals surface area contributed by atoms with E-state index in [-0.39, 0.29) is 5.69 Å².